The molecule has 0 spiro atoms. The van der Waals surface area contributed by atoms with Crippen molar-refractivity contribution in [1.29, 1.82) is 0 Å². The van der Waals surface area contributed by atoms with Gasteiger partial charge in [-0.3, -0.25) is 14.2 Å². The molecule has 0 fully saturated rings. The quantitative estimate of drug-likeness (QED) is 0.374. The van der Waals surface area contributed by atoms with Crippen LogP contribution in [0.2, 0.25) is 0 Å². The van der Waals surface area contributed by atoms with Crippen LogP contribution < -0.4 is 16.6 Å². The summed E-state index contributed by atoms with van der Waals surface area (Å²) in [6, 6.07) is 13.0. The van der Waals surface area contributed by atoms with Gasteiger partial charge in [-0.15, -0.1) is 39.5 Å². The second-order valence-corrected chi connectivity index (χ2v) is 9.79. The molecule has 11 heteroatoms. The van der Waals surface area contributed by atoms with Crippen molar-refractivity contribution in [1.82, 2.24) is 18.7 Å². The van der Waals surface area contributed by atoms with Crippen molar-refractivity contribution in [2.24, 2.45) is 0 Å². The van der Waals surface area contributed by atoms with Crippen molar-refractivity contribution in [3.63, 3.8) is 0 Å². The number of fused-ring (bicyclic) bond motifs is 3. The summed E-state index contributed by atoms with van der Waals surface area (Å²) in [7, 11) is 0. The van der Waals surface area contributed by atoms with Gasteiger partial charge in [-0.25, -0.2) is 13.9 Å². The molecule has 1 aromatic carbocycles. The van der Waals surface area contributed by atoms with Gasteiger partial charge in [-0.2, -0.15) is 0 Å². The van der Waals surface area contributed by atoms with E-state index in [9.17, 15) is 14.4 Å². The van der Waals surface area contributed by atoms with E-state index < -0.39 is 5.69 Å². The van der Waals surface area contributed by atoms with E-state index >= 15 is 0 Å². The minimum absolute atomic E-state index is 0.202. The number of benzene rings is 1. The van der Waals surface area contributed by atoms with E-state index in [1.807, 2.05) is 42.0 Å². The average Bonchev–Trinajstić information content (AvgIpc) is 3.53. The van der Waals surface area contributed by atoms with Crippen molar-refractivity contribution < 1.29 is 4.79 Å². The normalized spacial score (nSPS) is 11.4. The Bertz CT molecular complexity index is 1560. The van der Waals surface area contributed by atoms with Gasteiger partial charge >= 0.3 is 5.69 Å². The van der Waals surface area contributed by atoms with E-state index in [4.69, 9.17) is 0 Å². The SMILES string of the molecule is CSc1cccc(NC(=O)Cn2nc3n(Cc4cccs4)c(=O)c4sccc4n3c2=O)c1. The fourth-order valence-electron chi connectivity index (χ4n) is 3.48. The second-order valence-electron chi connectivity index (χ2n) is 6.96. The fourth-order valence-corrected chi connectivity index (χ4v) is 5.45. The number of carbonyl (C=O) groups excluding carboxylic acids is 1. The predicted octanol–water partition coefficient (Wildman–Crippen LogP) is 3.34. The van der Waals surface area contributed by atoms with Gasteiger partial charge in [0.1, 0.15) is 11.2 Å². The monoisotopic (exact) mass is 483 g/mol. The average molecular weight is 484 g/mol. The molecule has 1 N–H and O–H groups in total. The number of anilines is 1. The maximum atomic E-state index is 13.2. The highest BCUT2D eigenvalue weighted by molar-refractivity contribution is 7.98. The van der Waals surface area contributed by atoms with Gasteiger partial charge in [0.25, 0.3) is 5.56 Å². The summed E-state index contributed by atoms with van der Waals surface area (Å²) in [4.78, 5) is 40.9. The largest absolute Gasteiger partial charge is 0.352 e. The van der Waals surface area contributed by atoms with Gasteiger partial charge in [-0.05, 0) is 47.3 Å². The molecule has 4 heterocycles. The molecule has 162 valence electrons. The Kier molecular flexibility index (Phi) is 5.45. The lowest BCUT2D eigenvalue weighted by Crippen LogP contribution is -2.29. The maximum Gasteiger partial charge on any atom is 0.352 e. The number of nitrogens with zero attached hydrogens (tertiary/aromatic N) is 4. The number of carbonyl (C=O) groups is 1. The summed E-state index contributed by atoms with van der Waals surface area (Å²) in [6.07, 6.45) is 1.96. The first-order valence-corrected chi connectivity index (χ1v) is 12.6. The lowest BCUT2D eigenvalue weighted by Gasteiger charge is -2.06. The molecular formula is C21H17N5O3S3. The third-order valence-corrected chi connectivity index (χ3v) is 7.41. The van der Waals surface area contributed by atoms with Crippen LogP contribution in [0.15, 0.2) is 67.7 Å². The molecule has 5 aromatic rings. The summed E-state index contributed by atoms with van der Waals surface area (Å²) in [5.74, 6) is -0.154. The van der Waals surface area contributed by atoms with Crippen molar-refractivity contribution in [3.8, 4) is 0 Å². The molecule has 8 nitrogen and oxygen atoms in total. The summed E-state index contributed by atoms with van der Waals surface area (Å²) >= 11 is 4.38. The third-order valence-electron chi connectivity index (χ3n) is 4.93. The highest BCUT2D eigenvalue weighted by Crippen LogP contribution is 2.20. The molecular weight excluding hydrogens is 466 g/mol. The molecule has 1 amide bonds. The van der Waals surface area contributed by atoms with Crippen LogP contribution in [-0.4, -0.2) is 30.9 Å². The Balaban J connectivity index is 1.56. The smallest absolute Gasteiger partial charge is 0.324 e. The molecule has 0 aliphatic heterocycles. The molecule has 0 aliphatic carbocycles. The standard InChI is InChI=1S/C21H17N5O3S3/c1-30-14-5-2-4-13(10-14)22-17(27)12-25-21(29)26-16-7-9-32-18(16)19(28)24(20(26)23-25)11-15-6-3-8-31-15/h2-10H,11-12H2,1H3,(H,22,27). The minimum atomic E-state index is -0.462. The van der Waals surface area contributed by atoms with Crippen LogP contribution in [0.1, 0.15) is 4.88 Å². The number of hydrogen-bond donors (Lipinski definition) is 1. The lowest BCUT2D eigenvalue weighted by atomic mass is 10.3. The zero-order valence-electron chi connectivity index (χ0n) is 16.8. The number of hydrogen-bond acceptors (Lipinski definition) is 7. The van der Waals surface area contributed by atoms with Crippen LogP contribution >= 0.6 is 34.4 Å². The van der Waals surface area contributed by atoms with Crippen LogP contribution in [-0.2, 0) is 17.9 Å². The van der Waals surface area contributed by atoms with Crippen LogP contribution in [0.3, 0.4) is 0 Å². The van der Waals surface area contributed by atoms with Crippen molar-refractivity contribution >= 4 is 62.0 Å². The van der Waals surface area contributed by atoms with Gasteiger partial charge in [0.2, 0.25) is 11.7 Å². The molecule has 0 saturated heterocycles. The fraction of sp³-hybridized carbons (Fsp3) is 0.143. The summed E-state index contributed by atoms with van der Waals surface area (Å²) in [5.41, 5.74) is 0.484. The third kappa shape index (κ3) is 3.68. The van der Waals surface area contributed by atoms with E-state index in [0.717, 1.165) is 14.5 Å². The van der Waals surface area contributed by atoms with Gasteiger partial charge < -0.3 is 5.32 Å². The number of aromatic nitrogens is 4. The molecule has 0 saturated carbocycles. The Hall–Kier alpha value is -3.15. The number of nitrogens with one attached hydrogen (secondary N) is 1. The Labute approximate surface area is 193 Å². The maximum absolute atomic E-state index is 13.2. The topological polar surface area (TPSA) is 90.4 Å². The summed E-state index contributed by atoms with van der Waals surface area (Å²) < 4.78 is 4.48. The zero-order chi connectivity index (χ0) is 22.2. The number of thiophene rings is 2. The summed E-state index contributed by atoms with van der Waals surface area (Å²) in [5, 5.41) is 10.9. The first-order valence-electron chi connectivity index (χ1n) is 9.61. The van der Waals surface area contributed by atoms with Crippen LogP contribution in [0.4, 0.5) is 5.69 Å². The highest BCUT2D eigenvalue weighted by Gasteiger charge is 2.20. The van der Waals surface area contributed by atoms with Crippen molar-refractivity contribution in [3.05, 3.63) is 78.9 Å². The molecule has 5 rings (SSSR count). The van der Waals surface area contributed by atoms with E-state index in [0.29, 0.717) is 22.4 Å². The van der Waals surface area contributed by atoms with E-state index in [-0.39, 0.29) is 23.8 Å². The van der Waals surface area contributed by atoms with Crippen LogP contribution in [0.5, 0.6) is 0 Å². The number of thioether (sulfide) groups is 1. The van der Waals surface area contributed by atoms with Gasteiger partial charge in [0.15, 0.2) is 0 Å². The van der Waals surface area contributed by atoms with E-state index in [1.165, 1.54) is 31.6 Å². The number of amides is 1. The van der Waals surface area contributed by atoms with E-state index in [2.05, 4.69) is 10.4 Å². The Morgan fingerprint density at radius 1 is 1.12 bits per heavy atom. The minimum Gasteiger partial charge on any atom is -0.324 e. The van der Waals surface area contributed by atoms with Gasteiger partial charge in [-0.1, -0.05) is 12.1 Å². The molecule has 4 aromatic heterocycles. The van der Waals surface area contributed by atoms with Gasteiger partial charge in [0, 0.05) is 15.5 Å². The predicted molar refractivity (Wildman–Crippen MR) is 129 cm³/mol. The van der Waals surface area contributed by atoms with Crippen LogP contribution in [0.25, 0.3) is 16.0 Å². The molecule has 0 atom stereocenters. The first kappa shape index (κ1) is 20.7. The first-order chi connectivity index (χ1) is 15.5. The second kappa shape index (κ2) is 8.41. The van der Waals surface area contributed by atoms with Crippen molar-refractivity contribution in [2.45, 2.75) is 18.0 Å². The zero-order valence-corrected chi connectivity index (χ0v) is 19.3. The molecule has 0 bridgehead atoms. The number of rotatable bonds is 6. The highest BCUT2D eigenvalue weighted by atomic mass is 32.2. The summed E-state index contributed by atoms with van der Waals surface area (Å²) in [6.45, 7) is 0.0425. The van der Waals surface area contributed by atoms with Crippen molar-refractivity contribution in [2.75, 3.05) is 11.6 Å². The molecule has 0 unspecified atom stereocenters. The Morgan fingerprint density at radius 3 is 2.78 bits per heavy atom. The Morgan fingerprint density at radius 2 is 2.00 bits per heavy atom. The molecule has 0 aliphatic rings. The molecule has 0 radical (unpaired) electrons. The van der Waals surface area contributed by atoms with Gasteiger partial charge in [0.05, 0.1) is 12.1 Å². The van der Waals surface area contributed by atoms with E-state index in [1.54, 1.807) is 29.3 Å². The lowest BCUT2D eigenvalue weighted by molar-refractivity contribution is -0.117. The van der Waals surface area contributed by atoms with Crippen LogP contribution in [0, 0.1) is 0 Å². The molecule has 32 heavy (non-hydrogen) atoms.